The largest absolute Gasteiger partial charge is 0.341 e. The van der Waals surface area contributed by atoms with Crippen molar-refractivity contribution in [3.05, 3.63) is 11.4 Å². The van der Waals surface area contributed by atoms with Crippen molar-refractivity contribution in [2.45, 2.75) is 37.8 Å². The van der Waals surface area contributed by atoms with Gasteiger partial charge in [-0.2, -0.15) is 0 Å². The molecule has 1 saturated carbocycles. The minimum atomic E-state index is -2.84. The second-order valence-electron chi connectivity index (χ2n) is 3.44. The van der Waals surface area contributed by atoms with Crippen LogP contribution in [0.15, 0.2) is 11.4 Å². The highest BCUT2D eigenvalue weighted by Crippen LogP contribution is 2.63. The van der Waals surface area contributed by atoms with E-state index in [9.17, 15) is 9.46 Å². The highest BCUT2D eigenvalue weighted by Gasteiger charge is 2.39. The van der Waals surface area contributed by atoms with E-state index >= 15 is 0 Å². The highest BCUT2D eigenvalue weighted by molar-refractivity contribution is 7.63. The molecule has 3 heteroatoms. The van der Waals surface area contributed by atoms with Crippen molar-refractivity contribution < 1.29 is 9.46 Å². The third kappa shape index (κ3) is 1.09. The molecule has 0 radical (unpaired) electrons. The summed E-state index contributed by atoms with van der Waals surface area (Å²) in [6.45, 7) is 0. The summed E-state index contributed by atoms with van der Waals surface area (Å²) in [5.41, 5.74) is 0.119. The lowest BCUT2D eigenvalue weighted by atomic mass is 10.00. The fraction of sp³-hybridized carbons (Fsp3) is 0.750. The second-order valence-corrected chi connectivity index (χ2v) is 5.99. The molecule has 2 aliphatic rings. The molecule has 2 nitrogen and oxygen atoms in total. The van der Waals surface area contributed by atoms with Gasteiger partial charge >= 0.3 is 0 Å². The summed E-state index contributed by atoms with van der Waals surface area (Å²) in [6.07, 6.45) is 6.87. The van der Waals surface area contributed by atoms with Gasteiger partial charge in [0.1, 0.15) is 0 Å². The van der Waals surface area contributed by atoms with Crippen LogP contribution >= 0.6 is 7.37 Å². The molecule has 0 saturated heterocycles. The smallest absolute Gasteiger partial charge is 0.228 e. The van der Waals surface area contributed by atoms with E-state index in [1.165, 1.54) is 0 Å². The zero-order valence-electron chi connectivity index (χ0n) is 6.49. The van der Waals surface area contributed by atoms with Gasteiger partial charge in [-0.1, -0.05) is 12.5 Å². The molecule has 1 N–H and O–H groups in total. The number of allylic oxidation sites excluding steroid dienone is 2. The first-order valence-corrected chi connectivity index (χ1v) is 5.96. The first kappa shape index (κ1) is 7.57. The second kappa shape index (κ2) is 2.46. The molecule has 0 bridgehead atoms. The fourth-order valence-corrected chi connectivity index (χ4v) is 3.91. The zero-order valence-corrected chi connectivity index (χ0v) is 7.39. The number of hydrogen-bond donors (Lipinski definition) is 1. The Morgan fingerprint density at radius 2 is 2.18 bits per heavy atom. The minimum Gasteiger partial charge on any atom is -0.341 e. The summed E-state index contributed by atoms with van der Waals surface area (Å²) in [7, 11) is -2.84. The van der Waals surface area contributed by atoms with Gasteiger partial charge in [-0.05, 0) is 25.7 Å². The summed E-state index contributed by atoms with van der Waals surface area (Å²) in [5.74, 6) is 0. The molecule has 0 heterocycles. The number of rotatable bonds is 2. The molecule has 0 aromatic heterocycles. The van der Waals surface area contributed by atoms with Gasteiger partial charge in [0.05, 0.1) is 0 Å². The quantitative estimate of drug-likeness (QED) is 0.649. The van der Waals surface area contributed by atoms with Crippen molar-refractivity contribution in [1.82, 2.24) is 0 Å². The van der Waals surface area contributed by atoms with E-state index in [-0.39, 0.29) is 5.66 Å². The lowest BCUT2D eigenvalue weighted by Gasteiger charge is -2.33. The summed E-state index contributed by atoms with van der Waals surface area (Å²) < 4.78 is 11.7. The van der Waals surface area contributed by atoms with Crippen molar-refractivity contribution in [3.8, 4) is 0 Å². The van der Waals surface area contributed by atoms with Gasteiger partial charge in [-0.15, -0.1) is 0 Å². The third-order valence-electron chi connectivity index (χ3n) is 2.76. The molecule has 0 aliphatic heterocycles. The molecular weight excluding hydrogens is 159 g/mol. The average Bonchev–Trinajstić information content (AvgIpc) is 1.46. The lowest BCUT2D eigenvalue weighted by molar-refractivity contribution is 0.412. The maximum atomic E-state index is 11.7. The Balaban J connectivity index is 2.13. The Hall–Kier alpha value is -0.0700. The first-order valence-electron chi connectivity index (χ1n) is 4.23. The predicted octanol–water partition coefficient (Wildman–Crippen LogP) is 2.49. The van der Waals surface area contributed by atoms with Crippen LogP contribution < -0.4 is 0 Å². The topological polar surface area (TPSA) is 37.3 Å². The van der Waals surface area contributed by atoms with E-state index in [2.05, 4.69) is 0 Å². The van der Waals surface area contributed by atoms with E-state index in [0.29, 0.717) is 0 Å². The van der Waals surface area contributed by atoms with Crippen molar-refractivity contribution in [2.75, 3.05) is 0 Å². The van der Waals surface area contributed by atoms with Crippen LogP contribution in [0.2, 0.25) is 0 Å². The van der Waals surface area contributed by atoms with Crippen LogP contribution in [0.25, 0.3) is 0 Å². The Labute approximate surface area is 66.8 Å². The molecular formula is C8H13O2P. The SMILES string of the molecule is O=P(O)(C1=CCC1)C1CCC1. The van der Waals surface area contributed by atoms with Crippen LogP contribution in [-0.2, 0) is 4.57 Å². The van der Waals surface area contributed by atoms with Gasteiger partial charge in [0.25, 0.3) is 0 Å². The fourth-order valence-electron chi connectivity index (χ4n) is 1.54. The molecule has 1 unspecified atom stereocenters. The average molecular weight is 172 g/mol. The molecule has 1 fully saturated rings. The van der Waals surface area contributed by atoms with Crippen LogP contribution in [0.3, 0.4) is 0 Å². The van der Waals surface area contributed by atoms with Crippen LogP contribution in [0.5, 0.6) is 0 Å². The molecule has 0 aromatic rings. The third-order valence-corrected chi connectivity index (χ3v) is 5.50. The van der Waals surface area contributed by atoms with Gasteiger partial charge in [0.2, 0.25) is 7.37 Å². The molecule has 0 aromatic carbocycles. The molecule has 0 spiro atoms. The summed E-state index contributed by atoms with van der Waals surface area (Å²) >= 11 is 0. The molecule has 62 valence electrons. The summed E-state index contributed by atoms with van der Waals surface area (Å²) in [5, 5.41) is 0.849. The molecule has 2 aliphatic carbocycles. The van der Waals surface area contributed by atoms with Crippen molar-refractivity contribution >= 4 is 7.37 Å². The van der Waals surface area contributed by atoms with Crippen molar-refractivity contribution in [2.24, 2.45) is 0 Å². The van der Waals surface area contributed by atoms with Gasteiger partial charge in [0.15, 0.2) is 0 Å². The van der Waals surface area contributed by atoms with Crippen LogP contribution in [0.4, 0.5) is 0 Å². The predicted molar refractivity (Wildman–Crippen MR) is 44.8 cm³/mol. The van der Waals surface area contributed by atoms with Crippen LogP contribution in [0, 0.1) is 0 Å². The zero-order chi connectivity index (χ0) is 7.90. The lowest BCUT2D eigenvalue weighted by Crippen LogP contribution is -2.19. The minimum absolute atomic E-state index is 0.119. The van der Waals surface area contributed by atoms with E-state index in [1.54, 1.807) is 0 Å². The highest BCUT2D eigenvalue weighted by atomic mass is 31.2. The van der Waals surface area contributed by atoms with E-state index in [1.807, 2.05) is 6.08 Å². The maximum absolute atomic E-state index is 11.7. The summed E-state index contributed by atoms with van der Waals surface area (Å²) in [6, 6.07) is 0. The molecule has 11 heavy (non-hydrogen) atoms. The van der Waals surface area contributed by atoms with Crippen molar-refractivity contribution in [1.29, 1.82) is 0 Å². The van der Waals surface area contributed by atoms with Gasteiger partial charge < -0.3 is 4.89 Å². The monoisotopic (exact) mass is 172 g/mol. The van der Waals surface area contributed by atoms with Crippen molar-refractivity contribution in [3.63, 3.8) is 0 Å². The van der Waals surface area contributed by atoms with E-state index in [0.717, 1.165) is 37.4 Å². The standard InChI is InChI=1S/C8H13O2P/c9-11(10,7-3-1-4-7)8-5-2-6-8/h3,8H,1-2,4-6H2,(H,9,10). The summed E-state index contributed by atoms with van der Waals surface area (Å²) in [4.78, 5) is 9.64. The normalized spacial score (nSPS) is 29.7. The van der Waals surface area contributed by atoms with E-state index in [4.69, 9.17) is 0 Å². The molecule has 1 atom stereocenters. The Bertz CT molecular complexity index is 240. The Morgan fingerprint density at radius 3 is 2.45 bits per heavy atom. The Kier molecular flexibility index (Phi) is 1.70. The van der Waals surface area contributed by atoms with Crippen LogP contribution in [-0.4, -0.2) is 10.6 Å². The number of hydrogen-bond acceptors (Lipinski definition) is 1. The van der Waals surface area contributed by atoms with Gasteiger partial charge in [-0.25, -0.2) is 0 Å². The maximum Gasteiger partial charge on any atom is 0.228 e. The van der Waals surface area contributed by atoms with Gasteiger partial charge in [-0.3, -0.25) is 4.57 Å². The Morgan fingerprint density at radius 1 is 1.55 bits per heavy atom. The van der Waals surface area contributed by atoms with Gasteiger partial charge in [0, 0.05) is 11.0 Å². The first-order chi connectivity index (χ1) is 5.21. The molecule has 0 amide bonds. The van der Waals surface area contributed by atoms with Crippen LogP contribution in [0.1, 0.15) is 32.1 Å². The molecule has 2 rings (SSSR count). The van der Waals surface area contributed by atoms with E-state index < -0.39 is 7.37 Å².